The zero-order valence-corrected chi connectivity index (χ0v) is 18.3. The van der Waals surface area contributed by atoms with Gasteiger partial charge in [0.15, 0.2) is 5.65 Å². The second-order valence-electron chi connectivity index (χ2n) is 8.09. The smallest absolute Gasteiger partial charge is 0.287 e. The van der Waals surface area contributed by atoms with Gasteiger partial charge in [-0.05, 0) is 55.3 Å². The summed E-state index contributed by atoms with van der Waals surface area (Å²) in [5.74, 6) is -2.80. The number of halogens is 2. The minimum absolute atomic E-state index is 0.290. The van der Waals surface area contributed by atoms with Crippen LogP contribution >= 0.6 is 0 Å². The maximum absolute atomic E-state index is 13.9. The average molecular weight is 451 g/mol. The summed E-state index contributed by atoms with van der Waals surface area (Å²) >= 11 is 0. The summed E-state index contributed by atoms with van der Waals surface area (Å²) in [6.45, 7) is 4.71. The number of nitrogens with one attached hydrogen (secondary N) is 2. The molecule has 1 aliphatic heterocycles. The first kappa shape index (κ1) is 21.2. The monoisotopic (exact) mass is 451 g/mol. The average Bonchev–Trinajstić information content (AvgIpc) is 3.09. The Kier molecular flexibility index (Phi) is 5.16. The minimum atomic E-state index is -3.11. The highest BCUT2D eigenvalue weighted by atomic mass is 19.3. The van der Waals surface area contributed by atoms with Gasteiger partial charge in [-0.2, -0.15) is 13.8 Å². The summed E-state index contributed by atoms with van der Waals surface area (Å²) < 4.78 is 30.8. The van der Waals surface area contributed by atoms with Crippen molar-refractivity contribution in [2.24, 2.45) is 0 Å². The summed E-state index contributed by atoms with van der Waals surface area (Å²) in [5, 5.41) is 6.86. The second-order valence-corrected chi connectivity index (χ2v) is 8.09. The molecule has 1 aromatic carbocycles. The van der Waals surface area contributed by atoms with E-state index in [1.165, 1.54) is 34.3 Å². The van der Waals surface area contributed by atoms with E-state index in [1.807, 2.05) is 13.0 Å². The van der Waals surface area contributed by atoms with E-state index < -0.39 is 5.92 Å². The third-order valence-electron chi connectivity index (χ3n) is 5.76. The van der Waals surface area contributed by atoms with E-state index in [0.717, 1.165) is 32.1 Å². The molecule has 0 saturated heterocycles. The van der Waals surface area contributed by atoms with Crippen molar-refractivity contribution in [1.82, 2.24) is 29.6 Å². The second kappa shape index (κ2) is 8.04. The Morgan fingerprint density at radius 2 is 2.03 bits per heavy atom. The molecule has 33 heavy (non-hydrogen) atoms. The Morgan fingerprint density at radius 3 is 2.82 bits per heavy atom. The Balaban J connectivity index is 1.60. The molecule has 5 rings (SSSR count). The fourth-order valence-corrected chi connectivity index (χ4v) is 4.11. The zero-order valence-electron chi connectivity index (χ0n) is 18.3. The van der Waals surface area contributed by atoms with E-state index in [1.54, 1.807) is 10.7 Å². The minimum Gasteiger partial charge on any atom is -0.324 e. The highest BCUT2D eigenvalue weighted by molar-refractivity contribution is 5.77. The fourth-order valence-electron chi connectivity index (χ4n) is 4.11. The molecule has 0 unspecified atom stereocenters. The molecule has 0 fully saturated rings. The van der Waals surface area contributed by atoms with E-state index in [0.29, 0.717) is 29.2 Å². The zero-order chi connectivity index (χ0) is 23.2. The molecule has 0 saturated carbocycles. The Hall–Kier alpha value is -3.66. The molecule has 3 aromatic heterocycles. The van der Waals surface area contributed by atoms with Crippen LogP contribution < -0.4 is 16.2 Å². The van der Waals surface area contributed by atoms with Crippen molar-refractivity contribution in [3.05, 3.63) is 69.9 Å². The van der Waals surface area contributed by atoms with E-state index in [-0.39, 0.29) is 11.3 Å². The molecule has 170 valence electrons. The van der Waals surface area contributed by atoms with Gasteiger partial charge in [-0.15, -0.1) is 0 Å². The molecule has 10 heteroatoms. The topological polar surface area (TPSA) is 89.7 Å². The van der Waals surface area contributed by atoms with Gasteiger partial charge in [-0.1, -0.05) is 6.07 Å². The van der Waals surface area contributed by atoms with E-state index >= 15 is 0 Å². The van der Waals surface area contributed by atoms with Crippen LogP contribution in [0.5, 0.6) is 0 Å². The largest absolute Gasteiger partial charge is 0.324 e. The standard InChI is InChI=1S/C23H23F2N7O/c1-3-31-21(33)18-13-28-22(29-16-5-4-15-12-26-8-6-14(15)10-16)30-20(18)32(31)17-7-9-27-19(11-17)23(2,24)25/h4-5,7,9-11,13,26H,3,6,8,12H2,1-2H3,(H,28,29,30). The lowest BCUT2D eigenvalue weighted by atomic mass is 10.0. The van der Waals surface area contributed by atoms with Crippen LogP contribution in [0.2, 0.25) is 0 Å². The number of anilines is 2. The van der Waals surface area contributed by atoms with Crippen molar-refractivity contribution < 1.29 is 8.78 Å². The SMILES string of the molecule is CCn1c(=O)c2cnc(Nc3ccc4c(c3)CCNC4)nc2n1-c1ccnc(C(C)(F)F)c1. The number of pyridine rings is 1. The molecule has 1 aliphatic rings. The van der Waals surface area contributed by atoms with Crippen LogP contribution in [-0.4, -0.2) is 30.9 Å². The molecule has 0 aliphatic carbocycles. The molecule has 4 aromatic rings. The van der Waals surface area contributed by atoms with Crippen molar-refractivity contribution in [3.63, 3.8) is 0 Å². The summed E-state index contributed by atoms with van der Waals surface area (Å²) in [5.41, 5.74) is 3.40. The van der Waals surface area contributed by atoms with Gasteiger partial charge in [0.2, 0.25) is 5.95 Å². The molecule has 0 atom stereocenters. The van der Waals surface area contributed by atoms with E-state index in [9.17, 15) is 13.6 Å². The molecule has 0 bridgehead atoms. The number of rotatable bonds is 5. The van der Waals surface area contributed by atoms with E-state index in [4.69, 9.17) is 0 Å². The highest BCUT2D eigenvalue weighted by Gasteiger charge is 2.27. The molecule has 0 radical (unpaired) electrons. The number of nitrogens with zero attached hydrogens (tertiary/aromatic N) is 5. The van der Waals surface area contributed by atoms with Crippen LogP contribution in [-0.2, 0) is 25.4 Å². The number of fused-ring (bicyclic) bond motifs is 2. The van der Waals surface area contributed by atoms with Crippen LogP contribution in [0, 0.1) is 0 Å². The van der Waals surface area contributed by atoms with Gasteiger partial charge in [-0.3, -0.25) is 9.78 Å². The van der Waals surface area contributed by atoms with Crippen molar-refractivity contribution >= 4 is 22.7 Å². The normalized spacial score (nSPS) is 13.8. The van der Waals surface area contributed by atoms with Gasteiger partial charge in [0.1, 0.15) is 11.1 Å². The Morgan fingerprint density at radius 1 is 1.18 bits per heavy atom. The maximum Gasteiger partial charge on any atom is 0.287 e. The molecular weight excluding hydrogens is 428 g/mol. The quantitative estimate of drug-likeness (QED) is 0.483. The number of hydrogen-bond donors (Lipinski definition) is 2. The summed E-state index contributed by atoms with van der Waals surface area (Å²) in [6, 6.07) is 8.95. The Bertz CT molecular complexity index is 1400. The first-order chi connectivity index (χ1) is 15.8. The van der Waals surface area contributed by atoms with Gasteiger partial charge >= 0.3 is 0 Å². The third-order valence-corrected chi connectivity index (χ3v) is 5.76. The van der Waals surface area contributed by atoms with Gasteiger partial charge in [0, 0.05) is 38.1 Å². The van der Waals surface area contributed by atoms with Gasteiger partial charge in [-0.25, -0.2) is 14.3 Å². The summed E-state index contributed by atoms with van der Waals surface area (Å²) in [7, 11) is 0. The molecule has 8 nitrogen and oxygen atoms in total. The summed E-state index contributed by atoms with van der Waals surface area (Å²) in [6.07, 6.45) is 3.71. The predicted molar refractivity (Wildman–Crippen MR) is 121 cm³/mol. The fraction of sp³-hybridized carbons (Fsp3) is 0.304. The van der Waals surface area contributed by atoms with Crippen molar-refractivity contribution in [1.29, 1.82) is 0 Å². The Labute approximate surface area is 188 Å². The molecule has 0 spiro atoms. The van der Waals surface area contributed by atoms with Gasteiger partial charge < -0.3 is 10.6 Å². The third kappa shape index (κ3) is 3.86. The highest BCUT2D eigenvalue weighted by Crippen LogP contribution is 2.27. The number of alkyl halides is 2. The lowest BCUT2D eigenvalue weighted by Crippen LogP contribution is -2.23. The maximum atomic E-state index is 13.9. The summed E-state index contributed by atoms with van der Waals surface area (Å²) in [4.78, 5) is 25.6. The van der Waals surface area contributed by atoms with Crippen molar-refractivity contribution in [3.8, 4) is 5.69 Å². The van der Waals surface area contributed by atoms with Crippen LogP contribution in [0.25, 0.3) is 16.7 Å². The molecule has 4 heterocycles. The number of benzene rings is 1. The van der Waals surface area contributed by atoms with Crippen molar-refractivity contribution in [2.45, 2.75) is 39.3 Å². The lowest BCUT2D eigenvalue weighted by Gasteiger charge is -2.18. The number of hydrogen-bond acceptors (Lipinski definition) is 6. The van der Waals surface area contributed by atoms with Crippen molar-refractivity contribution in [2.75, 3.05) is 11.9 Å². The molecule has 0 amide bonds. The van der Waals surface area contributed by atoms with Crippen LogP contribution in [0.3, 0.4) is 0 Å². The van der Waals surface area contributed by atoms with Crippen LogP contribution in [0.4, 0.5) is 20.4 Å². The van der Waals surface area contributed by atoms with Gasteiger partial charge in [0.05, 0.1) is 5.69 Å². The lowest BCUT2D eigenvalue weighted by molar-refractivity contribution is 0.0127. The molecule has 2 N–H and O–H groups in total. The van der Waals surface area contributed by atoms with Crippen LogP contribution in [0.15, 0.2) is 47.5 Å². The first-order valence-corrected chi connectivity index (χ1v) is 10.8. The van der Waals surface area contributed by atoms with Crippen LogP contribution in [0.1, 0.15) is 30.7 Å². The predicted octanol–water partition coefficient (Wildman–Crippen LogP) is 3.50. The van der Waals surface area contributed by atoms with E-state index in [2.05, 4.69) is 37.7 Å². The van der Waals surface area contributed by atoms with Gasteiger partial charge in [0.25, 0.3) is 11.5 Å². The first-order valence-electron chi connectivity index (χ1n) is 10.8. The molecular formula is C23H23F2N7O. The number of aromatic nitrogens is 5.